The summed E-state index contributed by atoms with van der Waals surface area (Å²) in [5.41, 5.74) is 3.89. The summed E-state index contributed by atoms with van der Waals surface area (Å²) in [6.07, 6.45) is 1.02. The van der Waals surface area contributed by atoms with Crippen LogP contribution in [0.2, 0.25) is 0 Å². The van der Waals surface area contributed by atoms with Gasteiger partial charge in [-0.15, -0.1) is 10.2 Å². The van der Waals surface area contributed by atoms with Crippen LogP contribution in [0.15, 0.2) is 53.7 Å². The molecular formula is C19H17FN4S. The zero-order chi connectivity index (χ0) is 17.2. The maximum Gasteiger partial charge on any atom is 0.211 e. The lowest BCUT2D eigenvalue weighted by molar-refractivity contribution is 0.627. The summed E-state index contributed by atoms with van der Waals surface area (Å²) in [6.45, 7) is 3.05. The number of thioether (sulfide) groups is 1. The average Bonchev–Trinajstić information content (AvgIpc) is 2.95. The van der Waals surface area contributed by atoms with Crippen LogP contribution in [0.1, 0.15) is 18.9 Å². The van der Waals surface area contributed by atoms with Crippen molar-refractivity contribution in [2.45, 2.75) is 30.8 Å². The van der Waals surface area contributed by atoms with Crippen molar-refractivity contribution in [3.05, 3.63) is 59.9 Å². The summed E-state index contributed by atoms with van der Waals surface area (Å²) < 4.78 is 15.2. The van der Waals surface area contributed by atoms with Crippen LogP contribution in [0.25, 0.3) is 22.1 Å². The summed E-state index contributed by atoms with van der Waals surface area (Å²) in [4.78, 5) is 4.74. The quantitative estimate of drug-likeness (QED) is 0.483. The van der Waals surface area contributed by atoms with Gasteiger partial charge in [0.1, 0.15) is 11.3 Å². The minimum Gasteiger partial charge on any atom is -0.324 e. The molecule has 0 unspecified atom stereocenters. The number of aromatic nitrogens is 4. The van der Waals surface area contributed by atoms with Gasteiger partial charge in [-0.1, -0.05) is 49.0 Å². The molecule has 0 atom stereocenters. The highest BCUT2D eigenvalue weighted by Gasteiger charge is 2.14. The highest BCUT2D eigenvalue weighted by molar-refractivity contribution is 7.98. The fourth-order valence-electron chi connectivity index (χ4n) is 2.93. The van der Waals surface area contributed by atoms with Crippen molar-refractivity contribution in [1.29, 1.82) is 0 Å². The van der Waals surface area contributed by atoms with E-state index in [2.05, 4.69) is 33.8 Å². The molecule has 0 saturated heterocycles. The molecule has 25 heavy (non-hydrogen) atoms. The molecule has 126 valence electrons. The molecule has 2 heterocycles. The maximum atomic E-state index is 13.0. The molecular weight excluding hydrogens is 335 g/mol. The van der Waals surface area contributed by atoms with Crippen molar-refractivity contribution < 1.29 is 4.39 Å². The van der Waals surface area contributed by atoms with E-state index in [-0.39, 0.29) is 5.82 Å². The van der Waals surface area contributed by atoms with E-state index in [4.69, 9.17) is 4.98 Å². The second kappa shape index (κ2) is 6.80. The molecule has 4 rings (SSSR count). The smallest absolute Gasteiger partial charge is 0.211 e. The zero-order valence-electron chi connectivity index (χ0n) is 13.8. The van der Waals surface area contributed by atoms with Gasteiger partial charge in [0, 0.05) is 17.7 Å². The summed E-state index contributed by atoms with van der Waals surface area (Å²) in [6, 6.07) is 14.7. The van der Waals surface area contributed by atoms with Gasteiger partial charge in [-0.3, -0.25) is 0 Å². The van der Waals surface area contributed by atoms with Crippen molar-refractivity contribution in [2.24, 2.45) is 0 Å². The van der Waals surface area contributed by atoms with Crippen LogP contribution in [-0.2, 0) is 12.3 Å². The Hall–Kier alpha value is -2.47. The number of nitrogens with zero attached hydrogens (tertiary/aromatic N) is 4. The van der Waals surface area contributed by atoms with Crippen LogP contribution < -0.4 is 0 Å². The lowest BCUT2D eigenvalue weighted by Gasteiger charge is -2.05. The average molecular weight is 352 g/mol. The first-order chi connectivity index (χ1) is 12.3. The van der Waals surface area contributed by atoms with E-state index in [0.717, 1.165) is 40.6 Å². The maximum absolute atomic E-state index is 13.0. The fraction of sp³-hybridized carbons (Fsp3) is 0.211. The van der Waals surface area contributed by atoms with Crippen molar-refractivity contribution in [3.8, 4) is 0 Å². The summed E-state index contributed by atoms with van der Waals surface area (Å²) in [5, 5.41) is 10.4. The van der Waals surface area contributed by atoms with E-state index in [0.29, 0.717) is 10.9 Å². The van der Waals surface area contributed by atoms with Gasteiger partial charge in [0.05, 0.1) is 5.52 Å². The molecule has 4 nitrogen and oxygen atoms in total. The van der Waals surface area contributed by atoms with Crippen LogP contribution in [0.4, 0.5) is 4.39 Å². The molecule has 6 heteroatoms. The molecule has 0 amide bonds. The highest BCUT2D eigenvalue weighted by Crippen LogP contribution is 2.28. The van der Waals surface area contributed by atoms with Crippen molar-refractivity contribution in [3.63, 3.8) is 0 Å². The minimum atomic E-state index is -0.225. The Bertz CT molecular complexity index is 1030. The molecule has 0 aliphatic heterocycles. The number of hydrogen-bond donors (Lipinski definition) is 0. The number of benzene rings is 2. The molecule has 2 aromatic carbocycles. The number of rotatable bonds is 5. The molecule has 4 aromatic rings. The Morgan fingerprint density at radius 2 is 1.84 bits per heavy atom. The van der Waals surface area contributed by atoms with E-state index >= 15 is 0 Å². The van der Waals surface area contributed by atoms with Crippen molar-refractivity contribution in [1.82, 2.24) is 19.7 Å². The molecule has 2 aromatic heterocycles. The SMILES string of the molecule is CCCn1c2ccccc2c2nnc(SCc3ccc(F)cc3)nc21. The Morgan fingerprint density at radius 1 is 1.04 bits per heavy atom. The molecule has 0 aliphatic rings. The van der Waals surface area contributed by atoms with Gasteiger partial charge >= 0.3 is 0 Å². The number of fused-ring (bicyclic) bond motifs is 3. The molecule has 0 fully saturated rings. The minimum absolute atomic E-state index is 0.225. The van der Waals surface area contributed by atoms with Gasteiger partial charge in [-0.2, -0.15) is 0 Å². The normalized spacial score (nSPS) is 11.4. The van der Waals surface area contributed by atoms with Crippen LogP contribution in [0, 0.1) is 5.82 Å². The van der Waals surface area contributed by atoms with Gasteiger partial charge in [-0.25, -0.2) is 9.37 Å². The highest BCUT2D eigenvalue weighted by atomic mass is 32.2. The Kier molecular flexibility index (Phi) is 4.36. The van der Waals surface area contributed by atoms with Crippen LogP contribution in [-0.4, -0.2) is 19.7 Å². The molecule has 0 bridgehead atoms. The second-order valence-electron chi connectivity index (χ2n) is 5.85. The summed E-state index contributed by atoms with van der Waals surface area (Å²) in [5.74, 6) is 0.457. The number of hydrogen-bond acceptors (Lipinski definition) is 4. The summed E-state index contributed by atoms with van der Waals surface area (Å²) >= 11 is 1.51. The van der Waals surface area contributed by atoms with E-state index in [1.54, 1.807) is 12.1 Å². The van der Waals surface area contributed by atoms with Gasteiger partial charge in [-0.05, 0) is 30.2 Å². The topological polar surface area (TPSA) is 43.6 Å². The largest absolute Gasteiger partial charge is 0.324 e. The number of para-hydroxylation sites is 1. The monoisotopic (exact) mass is 352 g/mol. The molecule has 0 aliphatic carbocycles. The second-order valence-corrected chi connectivity index (χ2v) is 6.79. The zero-order valence-corrected chi connectivity index (χ0v) is 14.6. The fourth-order valence-corrected chi connectivity index (χ4v) is 3.67. The van der Waals surface area contributed by atoms with E-state index in [9.17, 15) is 4.39 Å². The van der Waals surface area contributed by atoms with Crippen LogP contribution >= 0.6 is 11.8 Å². The Balaban J connectivity index is 1.70. The predicted octanol–water partition coefficient (Wildman–Crippen LogP) is 4.82. The van der Waals surface area contributed by atoms with Gasteiger partial charge < -0.3 is 4.57 Å². The van der Waals surface area contributed by atoms with Crippen LogP contribution in [0.3, 0.4) is 0 Å². The lowest BCUT2D eigenvalue weighted by Crippen LogP contribution is -2.00. The van der Waals surface area contributed by atoms with Gasteiger partial charge in [0.25, 0.3) is 0 Å². The molecule has 0 saturated carbocycles. The van der Waals surface area contributed by atoms with Gasteiger partial charge in [0.2, 0.25) is 5.16 Å². The van der Waals surface area contributed by atoms with Crippen LogP contribution in [0.5, 0.6) is 0 Å². The van der Waals surface area contributed by atoms with E-state index in [1.165, 1.54) is 23.9 Å². The van der Waals surface area contributed by atoms with Crippen molar-refractivity contribution in [2.75, 3.05) is 0 Å². The number of halogens is 1. The Labute approximate surface area is 149 Å². The first-order valence-corrected chi connectivity index (χ1v) is 9.23. The molecule has 0 N–H and O–H groups in total. The number of aryl methyl sites for hydroxylation is 1. The third-order valence-corrected chi connectivity index (χ3v) is 4.99. The third kappa shape index (κ3) is 3.09. The van der Waals surface area contributed by atoms with Gasteiger partial charge in [0.15, 0.2) is 5.65 Å². The Morgan fingerprint density at radius 3 is 2.64 bits per heavy atom. The van der Waals surface area contributed by atoms with E-state index in [1.807, 2.05) is 12.1 Å². The molecule has 0 radical (unpaired) electrons. The predicted molar refractivity (Wildman–Crippen MR) is 99.1 cm³/mol. The first kappa shape index (κ1) is 16.0. The third-order valence-electron chi connectivity index (χ3n) is 4.08. The van der Waals surface area contributed by atoms with E-state index < -0.39 is 0 Å². The summed E-state index contributed by atoms with van der Waals surface area (Å²) in [7, 11) is 0. The lowest BCUT2D eigenvalue weighted by atomic mass is 10.2. The van der Waals surface area contributed by atoms with Crippen molar-refractivity contribution >= 4 is 33.8 Å². The standard InChI is InChI=1S/C19H17FN4S/c1-2-11-24-16-6-4-3-5-15(16)17-18(24)21-19(23-22-17)25-12-13-7-9-14(20)10-8-13/h3-10H,2,11-12H2,1H3. The first-order valence-electron chi connectivity index (χ1n) is 8.25. The molecule has 0 spiro atoms.